The number of aromatic nitrogens is 3. The summed E-state index contributed by atoms with van der Waals surface area (Å²) < 4.78 is 14.9. The van der Waals surface area contributed by atoms with E-state index in [1.165, 1.54) is 5.19 Å². The number of aryl methyl sites for hydroxylation is 1. The maximum Gasteiger partial charge on any atom is 0.264 e. The Kier molecular flexibility index (Phi) is 12.8. The minimum absolute atomic E-state index is 0.0474. The summed E-state index contributed by atoms with van der Waals surface area (Å²) in [6.07, 6.45) is 5.53. The molecule has 1 unspecified atom stereocenters. The molecule has 4 aromatic carbocycles. The third-order valence-corrected chi connectivity index (χ3v) is 18.7. The van der Waals surface area contributed by atoms with Crippen molar-refractivity contribution in [1.29, 1.82) is 0 Å². The van der Waals surface area contributed by atoms with Crippen LogP contribution in [0.25, 0.3) is 0 Å². The summed E-state index contributed by atoms with van der Waals surface area (Å²) in [5.74, 6) is -0.154. The van der Waals surface area contributed by atoms with Crippen LogP contribution in [0.1, 0.15) is 67.3 Å². The quantitative estimate of drug-likeness (QED) is 0.0829. The van der Waals surface area contributed by atoms with Crippen molar-refractivity contribution in [2.45, 2.75) is 100 Å². The molecule has 65 heavy (non-hydrogen) atoms. The second-order valence-corrected chi connectivity index (χ2v) is 23.3. The zero-order chi connectivity index (χ0) is 45.3. The minimum Gasteiger partial charge on any atom is -0.497 e. The second kappa shape index (κ2) is 18.6. The number of amides is 3. The Morgan fingerprint density at radius 3 is 2.26 bits per heavy atom. The van der Waals surface area contributed by atoms with Crippen molar-refractivity contribution in [2.75, 3.05) is 42.3 Å². The molecule has 5 aromatic rings. The second-order valence-electron chi connectivity index (χ2n) is 18.6. The van der Waals surface area contributed by atoms with Gasteiger partial charge in [0.25, 0.3) is 5.91 Å². The molecule has 3 fully saturated rings. The number of hydrogen-bond acceptors (Lipinski definition) is 10. The van der Waals surface area contributed by atoms with Crippen LogP contribution in [0, 0.1) is 5.92 Å². The summed E-state index contributed by atoms with van der Waals surface area (Å²) in [6.45, 7) is 9.11. The van der Waals surface area contributed by atoms with Gasteiger partial charge in [-0.2, -0.15) is 0 Å². The molecule has 1 spiro atoms. The van der Waals surface area contributed by atoms with Crippen molar-refractivity contribution in [3.8, 4) is 5.75 Å². The summed E-state index contributed by atoms with van der Waals surface area (Å²) in [7, 11) is -0.829. The summed E-state index contributed by atoms with van der Waals surface area (Å²) >= 11 is 0. The summed E-state index contributed by atoms with van der Waals surface area (Å²) in [6, 6.07) is 31.1. The summed E-state index contributed by atoms with van der Waals surface area (Å²) in [4.78, 5) is 44.1. The van der Waals surface area contributed by atoms with Gasteiger partial charge < -0.3 is 40.7 Å². The topological polar surface area (TPSA) is 172 Å². The van der Waals surface area contributed by atoms with Gasteiger partial charge in [0.2, 0.25) is 11.8 Å². The standard InChI is InChI=1S/C50H60N8O6Si/c1-32-46(65(3,4)38-20-18-37(63-2)19-21-38)45(23-26-57-30-43(55-56-57)39(31-59)34-12-6-5-7-13-34)64-50(32)40-28-36(54-48(61)42-16-10-25-52-42)17-22-44(40)58(49(50)62)29-33-11-8-14-35(27-33)53-47(60)41-15-9-24-51-41/h5-8,11-14,17-22,27-28,30,32,39,41-42,45-46,51-52,59H,9-10,15-16,23-26,29,31H2,1-4H3,(H,53,60)(H,54,61)/t32-,39?,41-,42-,45+,46-,50+/m1/s1. The normalized spacial score (nSPS) is 24.4. The largest absolute Gasteiger partial charge is 0.497 e. The van der Waals surface area contributed by atoms with Crippen LogP contribution in [0.4, 0.5) is 17.1 Å². The van der Waals surface area contributed by atoms with Gasteiger partial charge in [0.1, 0.15) is 5.75 Å². The van der Waals surface area contributed by atoms with Gasteiger partial charge in [-0.1, -0.05) is 85.0 Å². The van der Waals surface area contributed by atoms with Gasteiger partial charge in [0.05, 0.1) is 63.8 Å². The van der Waals surface area contributed by atoms with Gasteiger partial charge in [-0.15, -0.1) is 5.10 Å². The lowest BCUT2D eigenvalue weighted by Gasteiger charge is -2.37. The molecule has 4 aliphatic heterocycles. The summed E-state index contributed by atoms with van der Waals surface area (Å²) in [5, 5.41) is 33.5. The molecular weight excluding hydrogens is 837 g/mol. The van der Waals surface area contributed by atoms with Crippen LogP contribution in [0.3, 0.4) is 0 Å². The molecule has 3 amide bonds. The van der Waals surface area contributed by atoms with Crippen molar-refractivity contribution in [2.24, 2.45) is 5.92 Å². The maximum absolute atomic E-state index is 15.7. The van der Waals surface area contributed by atoms with Crippen molar-refractivity contribution in [3.05, 3.63) is 126 Å². The molecule has 14 nitrogen and oxygen atoms in total. The molecule has 0 radical (unpaired) electrons. The average Bonchev–Trinajstić information content (AvgIpc) is 4.18. The van der Waals surface area contributed by atoms with E-state index >= 15 is 4.79 Å². The number of nitrogens with zero attached hydrogens (tertiary/aromatic N) is 4. The van der Waals surface area contributed by atoms with E-state index in [9.17, 15) is 14.7 Å². The number of anilines is 3. The van der Waals surface area contributed by atoms with E-state index in [0.717, 1.165) is 66.9 Å². The molecule has 15 heteroatoms. The average molecular weight is 897 g/mol. The Morgan fingerprint density at radius 2 is 1.62 bits per heavy atom. The van der Waals surface area contributed by atoms with Gasteiger partial charge in [0.15, 0.2) is 5.60 Å². The van der Waals surface area contributed by atoms with Crippen LogP contribution in [-0.2, 0) is 37.8 Å². The SMILES string of the molecule is COc1ccc([Si](C)(C)[C@H]2[C@H](CCn3cc(C(CO)c4ccccc4)nn3)O[C@@]3(C(=O)N(Cc4cccc(NC(=O)[C@H]5CCCN5)c4)c4ccc(NC(=O)[C@H]5CCCN5)cc43)[C@@H]2C)cc1. The molecule has 0 saturated carbocycles. The minimum atomic E-state index is -2.49. The van der Waals surface area contributed by atoms with Gasteiger partial charge in [0, 0.05) is 35.6 Å². The van der Waals surface area contributed by atoms with Crippen LogP contribution < -0.4 is 36.1 Å². The Labute approximate surface area is 381 Å². The number of methoxy groups -OCH3 is 1. The molecule has 3 saturated heterocycles. The highest BCUT2D eigenvalue weighted by Gasteiger charge is 2.66. The predicted octanol–water partition coefficient (Wildman–Crippen LogP) is 5.65. The third kappa shape index (κ3) is 8.63. The summed E-state index contributed by atoms with van der Waals surface area (Å²) in [5.41, 5.74) is 3.80. The lowest BCUT2D eigenvalue weighted by molar-refractivity contribution is -0.146. The Bertz CT molecular complexity index is 2510. The van der Waals surface area contributed by atoms with E-state index in [1.54, 1.807) is 7.11 Å². The first-order valence-electron chi connectivity index (χ1n) is 23.0. The van der Waals surface area contributed by atoms with E-state index in [2.05, 4.69) is 63.7 Å². The number of benzene rings is 4. The van der Waals surface area contributed by atoms with Crippen LogP contribution in [0.2, 0.25) is 18.6 Å². The first-order valence-corrected chi connectivity index (χ1v) is 26.1. The zero-order valence-electron chi connectivity index (χ0n) is 37.6. The van der Waals surface area contributed by atoms with Gasteiger partial charge in [-0.05, 0) is 104 Å². The molecular formula is C50H60N8O6Si. The Hall–Kier alpha value is -5.71. The Balaban J connectivity index is 1.08. The number of carbonyl (C=O) groups excluding carboxylic acids is 3. The first-order chi connectivity index (χ1) is 31.5. The van der Waals surface area contributed by atoms with E-state index in [-0.39, 0.29) is 66.4 Å². The molecule has 7 atom stereocenters. The van der Waals surface area contributed by atoms with E-state index in [1.807, 2.05) is 101 Å². The maximum atomic E-state index is 15.7. The van der Waals surface area contributed by atoms with E-state index < -0.39 is 13.7 Å². The first kappa shape index (κ1) is 44.5. The smallest absolute Gasteiger partial charge is 0.264 e. The number of carbonyl (C=O) groups is 3. The third-order valence-electron chi connectivity index (χ3n) is 14.3. The Morgan fingerprint density at radius 1 is 0.923 bits per heavy atom. The fraction of sp³-hybridized carbons (Fsp3) is 0.420. The number of aliphatic hydroxyl groups is 1. The fourth-order valence-electron chi connectivity index (χ4n) is 10.9. The molecule has 1 aromatic heterocycles. The molecule has 340 valence electrons. The lowest BCUT2D eigenvalue weighted by atomic mass is 9.82. The van der Waals surface area contributed by atoms with E-state index in [4.69, 9.17) is 9.47 Å². The fourth-order valence-corrected chi connectivity index (χ4v) is 15.0. The predicted molar refractivity (Wildman–Crippen MR) is 253 cm³/mol. The van der Waals surface area contributed by atoms with Gasteiger partial charge in [-0.25, -0.2) is 0 Å². The number of fused-ring (bicyclic) bond motifs is 2. The van der Waals surface area contributed by atoms with Crippen LogP contribution >= 0.6 is 0 Å². The van der Waals surface area contributed by atoms with Crippen molar-refractivity contribution in [3.63, 3.8) is 0 Å². The highest BCUT2D eigenvalue weighted by Crippen LogP contribution is 2.60. The van der Waals surface area contributed by atoms with Crippen molar-refractivity contribution < 1.29 is 29.0 Å². The van der Waals surface area contributed by atoms with Crippen molar-refractivity contribution in [1.82, 2.24) is 25.6 Å². The monoisotopic (exact) mass is 896 g/mol. The molecule has 4 aliphatic rings. The van der Waals surface area contributed by atoms with Gasteiger partial charge in [-0.3, -0.25) is 19.1 Å². The number of nitrogens with one attached hydrogen (secondary N) is 4. The zero-order valence-corrected chi connectivity index (χ0v) is 38.6. The number of ether oxygens (including phenoxy) is 2. The van der Waals surface area contributed by atoms with E-state index in [0.29, 0.717) is 30.0 Å². The molecule has 5 N–H and O–H groups in total. The van der Waals surface area contributed by atoms with Gasteiger partial charge >= 0.3 is 0 Å². The van der Waals surface area contributed by atoms with Crippen molar-refractivity contribution >= 4 is 48.0 Å². The highest BCUT2D eigenvalue weighted by molar-refractivity contribution is 6.91. The molecule has 0 bridgehead atoms. The number of hydrogen-bond donors (Lipinski definition) is 5. The number of aliphatic hydroxyl groups excluding tert-OH is 1. The molecule has 0 aliphatic carbocycles. The van der Waals surface area contributed by atoms with Crippen LogP contribution in [-0.4, -0.2) is 90.9 Å². The molecule has 5 heterocycles. The van der Waals surface area contributed by atoms with Crippen LogP contribution in [0.15, 0.2) is 103 Å². The van der Waals surface area contributed by atoms with Crippen LogP contribution in [0.5, 0.6) is 5.75 Å². The highest BCUT2D eigenvalue weighted by atomic mass is 28.3. The molecule has 9 rings (SSSR count). The lowest BCUT2D eigenvalue weighted by Crippen LogP contribution is -2.51. The number of rotatable bonds is 15.